The van der Waals surface area contributed by atoms with Crippen LogP contribution in [0.25, 0.3) is 10.9 Å². The van der Waals surface area contributed by atoms with E-state index < -0.39 is 0 Å². The molecule has 100 valence electrons. The smallest absolute Gasteiger partial charge is 0.189 e. The summed E-state index contributed by atoms with van der Waals surface area (Å²) < 4.78 is 0. The zero-order valence-corrected chi connectivity index (χ0v) is 11.5. The number of nitrogens with one attached hydrogen (secondary N) is 1. The van der Waals surface area contributed by atoms with Crippen molar-refractivity contribution in [3.8, 4) is 0 Å². The number of rotatable bonds is 3. The van der Waals surface area contributed by atoms with Gasteiger partial charge >= 0.3 is 0 Å². The van der Waals surface area contributed by atoms with Crippen molar-refractivity contribution in [2.24, 2.45) is 0 Å². The van der Waals surface area contributed by atoms with Gasteiger partial charge in [-0.1, -0.05) is 49.4 Å². The summed E-state index contributed by atoms with van der Waals surface area (Å²) in [5.74, 6) is 0. The Kier molecular flexibility index (Phi) is 3.38. The third-order valence-electron chi connectivity index (χ3n) is 3.63. The molecule has 0 unspecified atom stereocenters. The minimum atomic E-state index is 0.102. The van der Waals surface area contributed by atoms with Gasteiger partial charge in [0.25, 0.3) is 0 Å². The Morgan fingerprint density at radius 2 is 1.80 bits per heavy atom. The minimum absolute atomic E-state index is 0.102. The molecule has 0 saturated heterocycles. The second kappa shape index (κ2) is 5.33. The molecular weight excluding hydrogens is 246 g/mol. The van der Waals surface area contributed by atoms with E-state index in [2.05, 4.69) is 30.1 Å². The maximum atomic E-state index is 12.1. The van der Waals surface area contributed by atoms with Crippen molar-refractivity contribution in [3.05, 3.63) is 81.6 Å². The molecule has 1 aromatic heterocycles. The molecule has 0 saturated carbocycles. The lowest BCUT2D eigenvalue weighted by Crippen LogP contribution is -2.06. The van der Waals surface area contributed by atoms with E-state index in [1.807, 2.05) is 30.3 Å². The Bertz CT molecular complexity index is 787. The lowest BCUT2D eigenvalue weighted by atomic mass is 10.0. The molecule has 1 heterocycles. The van der Waals surface area contributed by atoms with Crippen LogP contribution in [0.1, 0.15) is 23.7 Å². The summed E-state index contributed by atoms with van der Waals surface area (Å²) in [6, 6.07) is 18.0. The number of H-pyrrole nitrogens is 1. The number of aromatic amines is 1. The third-order valence-corrected chi connectivity index (χ3v) is 3.63. The van der Waals surface area contributed by atoms with E-state index >= 15 is 0 Å². The molecule has 2 nitrogen and oxygen atoms in total. The van der Waals surface area contributed by atoms with Gasteiger partial charge in [0.05, 0.1) is 5.52 Å². The van der Waals surface area contributed by atoms with Gasteiger partial charge in [0.2, 0.25) is 0 Å². The van der Waals surface area contributed by atoms with E-state index in [0.717, 1.165) is 29.4 Å². The standard InChI is InChI=1S/C18H17NO/c1-2-15-12-17(20)16-10-6-9-14(18(16)19-15)11-13-7-4-3-5-8-13/h3-10,12H,2,11H2,1H3,(H,19,20). The fourth-order valence-corrected chi connectivity index (χ4v) is 2.54. The van der Waals surface area contributed by atoms with Crippen LogP contribution in [0.15, 0.2) is 59.4 Å². The summed E-state index contributed by atoms with van der Waals surface area (Å²) in [6.07, 6.45) is 1.67. The summed E-state index contributed by atoms with van der Waals surface area (Å²) in [5.41, 5.74) is 4.48. The number of hydrogen-bond acceptors (Lipinski definition) is 1. The first-order valence-corrected chi connectivity index (χ1v) is 6.95. The Morgan fingerprint density at radius 3 is 2.55 bits per heavy atom. The second-order valence-electron chi connectivity index (χ2n) is 5.01. The van der Waals surface area contributed by atoms with Gasteiger partial charge in [-0.05, 0) is 30.0 Å². The molecule has 0 fully saturated rings. The fourth-order valence-electron chi connectivity index (χ4n) is 2.54. The maximum Gasteiger partial charge on any atom is 0.189 e. The number of aryl methyl sites for hydroxylation is 1. The van der Waals surface area contributed by atoms with Crippen molar-refractivity contribution in [2.45, 2.75) is 19.8 Å². The normalized spacial score (nSPS) is 10.8. The number of benzene rings is 2. The summed E-state index contributed by atoms with van der Waals surface area (Å²) >= 11 is 0. The van der Waals surface area contributed by atoms with Crippen LogP contribution in [-0.2, 0) is 12.8 Å². The van der Waals surface area contributed by atoms with Crippen LogP contribution in [0, 0.1) is 0 Å². The predicted molar refractivity (Wildman–Crippen MR) is 83.2 cm³/mol. The van der Waals surface area contributed by atoms with E-state index in [4.69, 9.17) is 0 Å². The zero-order chi connectivity index (χ0) is 13.9. The number of fused-ring (bicyclic) bond motifs is 1. The largest absolute Gasteiger partial charge is 0.358 e. The predicted octanol–water partition coefficient (Wildman–Crippen LogP) is 3.68. The topological polar surface area (TPSA) is 32.9 Å². The average molecular weight is 263 g/mol. The van der Waals surface area contributed by atoms with Gasteiger partial charge in [0, 0.05) is 17.1 Å². The van der Waals surface area contributed by atoms with Crippen molar-refractivity contribution in [2.75, 3.05) is 0 Å². The summed E-state index contributed by atoms with van der Waals surface area (Å²) in [5, 5.41) is 0.774. The summed E-state index contributed by atoms with van der Waals surface area (Å²) in [7, 11) is 0. The highest BCUT2D eigenvalue weighted by atomic mass is 16.1. The number of aromatic nitrogens is 1. The first-order chi connectivity index (χ1) is 9.78. The molecule has 20 heavy (non-hydrogen) atoms. The molecule has 0 amide bonds. The van der Waals surface area contributed by atoms with Crippen molar-refractivity contribution in [1.29, 1.82) is 0 Å². The van der Waals surface area contributed by atoms with Crippen LogP contribution in [0.3, 0.4) is 0 Å². The van der Waals surface area contributed by atoms with Gasteiger partial charge in [-0.15, -0.1) is 0 Å². The van der Waals surface area contributed by atoms with Gasteiger partial charge in [-0.2, -0.15) is 0 Å². The lowest BCUT2D eigenvalue weighted by molar-refractivity contribution is 1.04. The molecule has 0 aliphatic heterocycles. The van der Waals surface area contributed by atoms with Crippen molar-refractivity contribution < 1.29 is 0 Å². The van der Waals surface area contributed by atoms with Crippen LogP contribution in [0.2, 0.25) is 0 Å². The highest BCUT2D eigenvalue weighted by molar-refractivity contribution is 5.82. The molecule has 0 aliphatic rings. The van der Waals surface area contributed by atoms with Crippen LogP contribution in [-0.4, -0.2) is 4.98 Å². The van der Waals surface area contributed by atoms with Gasteiger partial charge < -0.3 is 4.98 Å². The molecule has 2 aromatic carbocycles. The molecule has 0 atom stereocenters. The first kappa shape index (κ1) is 12.7. The molecule has 0 aliphatic carbocycles. The molecule has 1 N–H and O–H groups in total. The number of hydrogen-bond donors (Lipinski definition) is 1. The lowest BCUT2D eigenvalue weighted by Gasteiger charge is -2.08. The van der Waals surface area contributed by atoms with E-state index in [1.54, 1.807) is 6.07 Å². The quantitative estimate of drug-likeness (QED) is 0.768. The van der Waals surface area contributed by atoms with Gasteiger partial charge in [-0.3, -0.25) is 4.79 Å². The van der Waals surface area contributed by atoms with E-state index in [1.165, 1.54) is 11.1 Å². The molecule has 0 spiro atoms. The second-order valence-corrected chi connectivity index (χ2v) is 5.01. The van der Waals surface area contributed by atoms with Crippen LogP contribution in [0.4, 0.5) is 0 Å². The maximum absolute atomic E-state index is 12.1. The van der Waals surface area contributed by atoms with Gasteiger partial charge in [0.1, 0.15) is 0 Å². The SMILES string of the molecule is CCc1cc(=O)c2cccc(Cc3ccccc3)c2[nH]1. The average Bonchev–Trinajstić information content (AvgIpc) is 2.49. The molecule has 3 aromatic rings. The minimum Gasteiger partial charge on any atom is -0.358 e. The molecule has 3 rings (SSSR count). The Morgan fingerprint density at radius 1 is 1.00 bits per heavy atom. The van der Waals surface area contributed by atoms with Crippen LogP contribution >= 0.6 is 0 Å². The van der Waals surface area contributed by atoms with E-state index in [9.17, 15) is 4.79 Å². The van der Waals surface area contributed by atoms with Crippen molar-refractivity contribution in [1.82, 2.24) is 4.98 Å². The van der Waals surface area contributed by atoms with Gasteiger partial charge in [-0.25, -0.2) is 0 Å². The number of pyridine rings is 1. The monoisotopic (exact) mass is 263 g/mol. The highest BCUT2D eigenvalue weighted by Crippen LogP contribution is 2.18. The summed E-state index contributed by atoms with van der Waals surface area (Å²) in [6.45, 7) is 2.05. The third kappa shape index (κ3) is 2.37. The van der Waals surface area contributed by atoms with Crippen LogP contribution in [0.5, 0.6) is 0 Å². The Balaban J connectivity index is 2.16. The molecule has 2 heteroatoms. The highest BCUT2D eigenvalue weighted by Gasteiger charge is 2.06. The van der Waals surface area contributed by atoms with E-state index in [0.29, 0.717) is 0 Å². The molecule has 0 radical (unpaired) electrons. The zero-order valence-electron chi connectivity index (χ0n) is 11.5. The molecule has 0 bridgehead atoms. The Labute approximate surface area is 118 Å². The van der Waals surface area contributed by atoms with Crippen molar-refractivity contribution >= 4 is 10.9 Å². The summed E-state index contributed by atoms with van der Waals surface area (Å²) in [4.78, 5) is 15.5. The van der Waals surface area contributed by atoms with Crippen molar-refractivity contribution in [3.63, 3.8) is 0 Å². The van der Waals surface area contributed by atoms with Gasteiger partial charge in [0.15, 0.2) is 5.43 Å². The Hall–Kier alpha value is -2.35. The fraction of sp³-hybridized carbons (Fsp3) is 0.167. The van der Waals surface area contributed by atoms with E-state index in [-0.39, 0.29) is 5.43 Å². The number of para-hydroxylation sites is 1. The molecular formula is C18H17NO. The first-order valence-electron chi connectivity index (χ1n) is 6.95. The van der Waals surface area contributed by atoms with Crippen LogP contribution < -0.4 is 5.43 Å².